The third-order valence-electron chi connectivity index (χ3n) is 3.10. The second-order valence-corrected chi connectivity index (χ2v) is 4.48. The Labute approximate surface area is 112 Å². The number of hydrogen-bond donors (Lipinski definition) is 1. The summed E-state index contributed by atoms with van der Waals surface area (Å²) in [5.74, 6) is 1.18. The highest BCUT2D eigenvalue weighted by Gasteiger charge is 2.14. The number of ether oxygens (including phenoxy) is 1. The van der Waals surface area contributed by atoms with E-state index in [9.17, 15) is 0 Å². The van der Waals surface area contributed by atoms with Crippen LogP contribution in [0.1, 0.15) is 42.8 Å². The topological polar surface area (TPSA) is 74.2 Å². The van der Waals surface area contributed by atoms with Crippen molar-refractivity contribution in [2.24, 2.45) is 5.73 Å². The Morgan fingerprint density at radius 1 is 1.32 bits per heavy atom. The minimum absolute atomic E-state index is 0.0172. The molecular formula is C14H19N3O2. The molecule has 102 valence electrons. The lowest BCUT2D eigenvalue weighted by Crippen LogP contribution is -2.11. The Morgan fingerprint density at radius 2 is 2.05 bits per heavy atom. The molecular weight excluding hydrogens is 242 g/mol. The van der Waals surface area contributed by atoms with Crippen molar-refractivity contribution in [2.75, 3.05) is 7.11 Å². The zero-order valence-corrected chi connectivity index (χ0v) is 11.2. The smallest absolute Gasteiger partial charge is 0.226 e. The third-order valence-corrected chi connectivity index (χ3v) is 3.10. The second kappa shape index (κ2) is 6.45. The third kappa shape index (κ3) is 3.62. The van der Waals surface area contributed by atoms with Crippen molar-refractivity contribution in [2.45, 2.75) is 31.9 Å². The minimum atomic E-state index is -0.153. The highest BCUT2D eigenvalue weighted by Crippen LogP contribution is 2.17. The van der Waals surface area contributed by atoms with Gasteiger partial charge in [-0.15, -0.1) is 0 Å². The van der Waals surface area contributed by atoms with Gasteiger partial charge in [0.15, 0.2) is 5.82 Å². The molecule has 0 bridgehead atoms. The van der Waals surface area contributed by atoms with Crippen molar-refractivity contribution in [3.05, 3.63) is 47.6 Å². The van der Waals surface area contributed by atoms with Gasteiger partial charge in [-0.05, 0) is 18.9 Å². The highest BCUT2D eigenvalue weighted by molar-refractivity contribution is 5.18. The molecule has 1 aromatic carbocycles. The van der Waals surface area contributed by atoms with Gasteiger partial charge >= 0.3 is 0 Å². The highest BCUT2D eigenvalue weighted by atomic mass is 16.5. The molecule has 1 aromatic heterocycles. The lowest BCUT2D eigenvalue weighted by Gasteiger charge is -2.09. The number of rotatable bonds is 6. The zero-order valence-electron chi connectivity index (χ0n) is 11.2. The summed E-state index contributed by atoms with van der Waals surface area (Å²) in [6.45, 7) is 1.88. The van der Waals surface area contributed by atoms with Crippen LogP contribution >= 0.6 is 0 Å². The first-order valence-electron chi connectivity index (χ1n) is 6.36. The molecule has 2 unspecified atom stereocenters. The Hall–Kier alpha value is -1.72. The molecule has 5 nitrogen and oxygen atoms in total. The maximum absolute atomic E-state index is 6.12. The van der Waals surface area contributed by atoms with Gasteiger partial charge in [-0.3, -0.25) is 0 Å². The van der Waals surface area contributed by atoms with Crippen molar-refractivity contribution < 1.29 is 9.26 Å². The summed E-state index contributed by atoms with van der Waals surface area (Å²) < 4.78 is 10.3. The Balaban J connectivity index is 1.90. The Morgan fingerprint density at radius 3 is 2.74 bits per heavy atom. The fourth-order valence-corrected chi connectivity index (χ4v) is 1.79. The molecule has 0 radical (unpaired) electrons. The van der Waals surface area contributed by atoms with Crippen molar-refractivity contribution in [1.29, 1.82) is 0 Å². The zero-order chi connectivity index (χ0) is 13.7. The second-order valence-electron chi connectivity index (χ2n) is 4.48. The molecule has 2 N–H and O–H groups in total. The van der Waals surface area contributed by atoms with Crippen LogP contribution in [0.15, 0.2) is 34.9 Å². The van der Waals surface area contributed by atoms with Crippen LogP contribution < -0.4 is 5.73 Å². The van der Waals surface area contributed by atoms with Gasteiger partial charge in [0.1, 0.15) is 6.10 Å². The van der Waals surface area contributed by atoms with Crippen LogP contribution in [0.3, 0.4) is 0 Å². The van der Waals surface area contributed by atoms with Crippen LogP contribution in [0.5, 0.6) is 0 Å². The van der Waals surface area contributed by atoms with E-state index >= 15 is 0 Å². The van der Waals surface area contributed by atoms with E-state index in [0.717, 1.165) is 12.0 Å². The van der Waals surface area contributed by atoms with E-state index < -0.39 is 0 Å². The van der Waals surface area contributed by atoms with Crippen LogP contribution in [0.25, 0.3) is 0 Å². The molecule has 2 aromatic rings. The van der Waals surface area contributed by atoms with Gasteiger partial charge in [-0.25, -0.2) is 0 Å². The lowest BCUT2D eigenvalue weighted by molar-refractivity contribution is 0.109. The molecule has 2 atom stereocenters. The average molecular weight is 261 g/mol. The van der Waals surface area contributed by atoms with Gasteiger partial charge in [0.2, 0.25) is 5.89 Å². The molecule has 0 saturated carbocycles. The van der Waals surface area contributed by atoms with E-state index in [1.165, 1.54) is 0 Å². The molecule has 0 saturated heterocycles. The largest absolute Gasteiger partial charge is 0.374 e. The molecule has 0 aliphatic carbocycles. The van der Waals surface area contributed by atoms with Crippen molar-refractivity contribution in [3.8, 4) is 0 Å². The molecule has 0 aliphatic heterocycles. The SMILES string of the molecule is COC(C)c1noc(CCC(N)c2ccccc2)n1. The van der Waals surface area contributed by atoms with E-state index in [1.54, 1.807) is 7.11 Å². The van der Waals surface area contributed by atoms with Crippen molar-refractivity contribution in [3.63, 3.8) is 0 Å². The number of nitrogens with zero attached hydrogens (tertiary/aromatic N) is 2. The first-order valence-corrected chi connectivity index (χ1v) is 6.36. The van der Waals surface area contributed by atoms with Gasteiger partial charge in [-0.2, -0.15) is 4.98 Å². The fourth-order valence-electron chi connectivity index (χ4n) is 1.79. The van der Waals surface area contributed by atoms with Gasteiger partial charge in [0.25, 0.3) is 0 Å². The monoisotopic (exact) mass is 261 g/mol. The Kier molecular flexibility index (Phi) is 4.65. The molecule has 0 spiro atoms. The summed E-state index contributed by atoms with van der Waals surface area (Å²) in [5, 5.41) is 3.89. The normalized spacial score (nSPS) is 14.3. The quantitative estimate of drug-likeness (QED) is 0.864. The van der Waals surface area contributed by atoms with Crippen LogP contribution in [0.4, 0.5) is 0 Å². The van der Waals surface area contributed by atoms with E-state index in [2.05, 4.69) is 10.1 Å². The standard InChI is InChI=1S/C14H19N3O2/c1-10(18-2)14-16-13(19-17-14)9-8-12(15)11-6-4-3-5-7-11/h3-7,10,12H,8-9,15H2,1-2H3. The van der Waals surface area contributed by atoms with Gasteiger partial charge in [-0.1, -0.05) is 35.5 Å². The molecule has 0 fully saturated rings. The molecule has 5 heteroatoms. The van der Waals surface area contributed by atoms with Crippen LogP contribution in [-0.2, 0) is 11.2 Å². The maximum atomic E-state index is 6.12. The van der Waals surface area contributed by atoms with Crippen molar-refractivity contribution >= 4 is 0 Å². The first-order chi connectivity index (χ1) is 9.20. The number of methoxy groups -OCH3 is 1. The molecule has 19 heavy (non-hydrogen) atoms. The van der Waals surface area contributed by atoms with E-state index in [-0.39, 0.29) is 12.1 Å². The van der Waals surface area contributed by atoms with E-state index in [0.29, 0.717) is 18.1 Å². The van der Waals surface area contributed by atoms with Crippen LogP contribution in [0.2, 0.25) is 0 Å². The fraction of sp³-hybridized carbons (Fsp3) is 0.429. The predicted octanol–water partition coefficient (Wildman–Crippen LogP) is 2.41. The Bertz CT molecular complexity index is 498. The minimum Gasteiger partial charge on any atom is -0.374 e. The van der Waals surface area contributed by atoms with Crippen molar-refractivity contribution in [1.82, 2.24) is 10.1 Å². The lowest BCUT2D eigenvalue weighted by atomic mass is 10.0. The molecule has 1 heterocycles. The van der Waals surface area contributed by atoms with Crippen LogP contribution in [0, 0.1) is 0 Å². The van der Waals surface area contributed by atoms with Gasteiger partial charge < -0.3 is 15.0 Å². The average Bonchev–Trinajstić information content (AvgIpc) is 2.93. The number of hydrogen-bond acceptors (Lipinski definition) is 5. The molecule has 0 aliphatic rings. The maximum Gasteiger partial charge on any atom is 0.226 e. The summed E-state index contributed by atoms with van der Waals surface area (Å²) in [7, 11) is 1.62. The van der Waals surface area contributed by atoms with Gasteiger partial charge in [0, 0.05) is 19.6 Å². The summed E-state index contributed by atoms with van der Waals surface area (Å²) in [6.07, 6.45) is 1.28. The summed E-state index contributed by atoms with van der Waals surface area (Å²) in [5.41, 5.74) is 7.24. The number of aromatic nitrogens is 2. The molecule has 0 amide bonds. The summed E-state index contributed by atoms with van der Waals surface area (Å²) in [6, 6.07) is 9.98. The van der Waals surface area contributed by atoms with Crippen LogP contribution in [-0.4, -0.2) is 17.3 Å². The number of nitrogens with two attached hydrogens (primary N) is 1. The first kappa shape index (κ1) is 13.7. The predicted molar refractivity (Wildman–Crippen MR) is 71.4 cm³/mol. The van der Waals surface area contributed by atoms with E-state index in [4.69, 9.17) is 15.0 Å². The number of benzene rings is 1. The summed E-state index contributed by atoms with van der Waals surface area (Å²) in [4.78, 5) is 4.29. The number of aryl methyl sites for hydroxylation is 1. The van der Waals surface area contributed by atoms with Gasteiger partial charge in [0.05, 0.1) is 0 Å². The summed E-state index contributed by atoms with van der Waals surface area (Å²) >= 11 is 0. The van der Waals surface area contributed by atoms with E-state index in [1.807, 2.05) is 37.3 Å². The molecule has 2 rings (SSSR count).